The fourth-order valence-corrected chi connectivity index (χ4v) is 2.60. The number of hydrogen-bond donors (Lipinski definition) is 1. The maximum atomic E-state index is 11.9. The molecule has 1 N–H and O–H groups in total. The first-order valence-corrected chi connectivity index (χ1v) is 7.13. The Morgan fingerprint density at radius 3 is 2.80 bits per heavy atom. The van der Waals surface area contributed by atoms with Gasteiger partial charge in [-0.15, -0.1) is 0 Å². The Balaban J connectivity index is 1.91. The Morgan fingerprint density at radius 2 is 2.10 bits per heavy atom. The van der Waals surface area contributed by atoms with E-state index in [-0.39, 0.29) is 11.9 Å². The minimum absolute atomic E-state index is 0.00902. The maximum Gasteiger partial charge on any atom is 0.411 e. The van der Waals surface area contributed by atoms with E-state index in [1.807, 2.05) is 0 Å². The first-order valence-electron chi connectivity index (χ1n) is 7.13. The van der Waals surface area contributed by atoms with Crippen LogP contribution in [0.4, 0.5) is 10.5 Å². The molecule has 2 rings (SSSR count). The van der Waals surface area contributed by atoms with Crippen LogP contribution in [-0.2, 0) is 4.74 Å². The Labute approximate surface area is 119 Å². The molecule has 108 valence electrons. The van der Waals surface area contributed by atoms with Crippen molar-refractivity contribution in [2.24, 2.45) is 5.92 Å². The zero-order valence-corrected chi connectivity index (χ0v) is 12.0. The van der Waals surface area contributed by atoms with E-state index in [4.69, 9.17) is 4.74 Å². The third-order valence-corrected chi connectivity index (χ3v) is 3.68. The van der Waals surface area contributed by atoms with Crippen LogP contribution in [0.5, 0.6) is 0 Å². The van der Waals surface area contributed by atoms with Gasteiger partial charge < -0.3 is 4.74 Å². The van der Waals surface area contributed by atoms with Gasteiger partial charge in [0.15, 0.2) is 5.78 Å². The van der Waals surface area contributed by atoms with Gasteiger partial charge in [-0.05, 0) is 44.2 Å². The van der Waals surface area contributed by atoms with Gasteiger partial charge in [0.2, 0.25) is 0 Å². The number of nitrogens with one attached hydrogen (secondary N) is 1. The van der Waals surface area contributed by atoms with E-state index in [0.29, 0.717) is 17.2 Å². The van der Waals surface area contributed by atoms with Crippen molar-refractivity contribution in [2.45, 2.75) is 45.6 Å². The quantitative estimate of drug-likeness (QED) is 0.848. The van der Waals surface area contributed by atoms with Crippen molar-refractivity contribution in [3.8, 4) is 0 Å². The molecule has 1 amide bonds. The third kappa shape index (κ3) is 4.08. The molecule has 0 bridgehead atoms. The number of benzene rings is 1. The second-order valence-corrected chi connectivity index (χ2v) is 5.56. The summed E-state index contributed by atoms with van der Waals surface area (Å²) in [5, 5.41) is 2.69. The van der Waals surface area contributed by atoms with Crippen LogP contribution in [0.3, 0.4) is 0 Å². The lowest BCUT2D eigenvalue weighted by atomic mass is 9.89. The molecule has 0 aromatic heterocycles. The molecule has 0 spiro atoms. The van der Waals surface area contributed by atoms with Crippen LogP contribution in [0.25, 0.3) is 0 Å². The first kappa shape index (κ1) is 14.6. The Morgan fingerprint density at radius 1 is 1.30 bits per heavy atom. The topological polar surface area (TPSA) is 55.4 Å². The molecule has 1 aromatic rings. The Hall–Kier alpha value is -1.84. The van der Waals surface area contributed by atoms with Gasteiger partial charge in [-0.1, -0.05) is 25.5 Å². The molecule has 0 heterocycles. The monoisotopic (exact) mass is 275 g/mol. The van der Waals surface area contributed by atoms with Gasteiger partial charge in [-0.3, -0.25) is 10.1 Å². The largest absolute Gasteiger partial charge is 0.446 e. The molecule has 1 fully saturated rings. The van der Waals surface area contributed by atoms with Crippen LogP contribution in [0.2, 0.25) is 0 Å². The Bertz CT molecular complexity index is 498. The van der Waals surface area contributed by atoms with Crippen molar-refractivity contribution in [1.29, 1.82) is 0 Å². The van der Waals surface area contributed by atoms with Crippen LogP contribution < -0.4 is 5.32 Å². The molecule has 20 heavy (non-hydrogen) atoms. The molecule has 0 radical (unpaired) electrons. The van der Waals surface area contributed by atoms with Crippen LogP contribution in [0.15, 0.2) is 24.3 Å². The normalized spacial score (nSPS) is 22.1. The highest BCUT2D eigenvalue weighted by Crippen LogP contribution is 2.26. The summed E-state index contributed by atoms with van der Waals surface area (Å²) < 4.78 is 5.43. The van der Waals surface area contributed by atoms with E-state index in [1.54, 1.807) is 24.3 Å². The fourth-order valence-electron chi connectivity index (χ4n) is 2.60. The van der Waals surface area contributed by atoms with Crippen molar-refractivity contribution in [2.75, 3.05) is 5.32 Å². The lowest BCUT2D eigenvalue weighted by Gasteiger charge is -2.26. The molecular weight excluding hydrogens is 254 g/mol. The van der Waals surface area contributed by atoms with Gasteiger partial charge in [-0.25, -0.2) is 4.79 Å². The van der Waals surface area contributed by atoms with E-state index in [0.717, 1.165) is 19.3 Å². The number of carbonyl (C=O) groups is 2. The molecule has 0 aliphatic heterocycles. The van der Waals surface area contributed by atoms with E-state index in [2.05, 4.69) is 12.2 Å². The number of Topliss-reactive ketones (excluding diaryl/α,β-unsaturated/α-hetero) is 1. The first-order chi connectivity index (χ1) is 9.54. The number of ketones is 1. The zero-order valence-electron chi connectivity index (χ0n) is 12.0. The van der Waals surface area contributed by atoms with Gasteiger partial charge >= 0.3 is 6.09 Å². The van der Waals surface area contributed by atoms with Gasteiger partial charge in [0.05, 0.1) is 0 Å². The number of anilines is 1. The van der Waals surface area contributed by atoms with Crippen molar-refractivity contribution in [3.05, 3.63) is 29.8 Å². The van der Waals surface area contributed by atoms with Gasteiger partial charge in [0.1, 0.15) is 6.10 Å². The number of rotatable bonds is 3. The molecule has 4 heteroatoms. The summed E-state index contributed by atoms with van der Waals surface area (Å²) in [7, 11) is 0. The van der Waals surface area contributed by atoms with Crippen molar-refractivity contribution < 1.29 is 14.3 Å². The van der Waals surface area contributed by atoms with Crippen LogP contribution in [0, 0.1) is 5.92 Å². The predicted octanol–water partition coefficient (Wildman–Crippen LogP) is 4.02. The van der Waals surface area contributed by atoms with E-state index < -0.39 is 6.09 Å². The molecule has 1 aromatic carbocycles. The summed E-state index contributed by atoms with van der Waals surface area (Å²) in [6.45, 7) is 3.69. The van der Waals surface area contributed by atoms with Gasteiger partial charge in [0.25, 0.3) is 0 Å². The highest BCUT2D eigenvalue weighted by molar-refractivity contribution is 5.96. The second kappa shape index (κ2) is 6.55. The average molecular weight is 275 g/mol. The highest BCUT2D eigenvalue weighted by atomic mass is 16.6. The number of carbonyl (C=O) groups excluding carboxylic acids is 2. The fraction of sp³-hybridized carbons (Fsp3) is 0.500. The minimum Gasteiger partial charge on any atom is -0.446 e. The average Bonchev–Trinajstić information content (AvgIpc) is 2.38. The van der Waals surface area contributed by atoms with Crippen molar-refractivity contribution in [1.82, 2.24) is 0 Å². The summed E-state index contributed by atoms with van der Waals surface area (Å²) >= 11 is 0. The lowest BCUT2D eigenvalue weighted by Crippen LogP contribution is -2.27. The molecule has 1 aliphatic carbocycles. The molecule has 4 nitrogen and oxygen atoms in total. The standard InChI is InChI=1S/C16H21NO3/c1-11-5-3-8-15(9-11)20-16(19)17-14-7-4-6-13(10-14)12(2)18/h4,6-7,10-11,15H,3,5,8-9H2,1-2H3,(H,17,19)/t11-,15-/m0/s1. The van der Waals surface area contributed by atoms with Crippen LogP contribution in [0.1, 0.15) is 49.9 Å². The lowest BCUT2D eigenvalue weighted by molar-refractivity contribution is 0.0723. The summed E-state index contributed by atoms with van der Waals surface area (Å²) in [5.41, 5.74) is 1.17. The third-order valence-electron chi connectivity index (χ3n) is 3.68. The second-order valence-electron chi connectivity index (χ2n) is 5.56. The SMILES string of the molecule is CC(=O)c1cccc(NC(=O)O[C@H]2CCC[C@H](C)C2)c1. The number of hydrogen-bond acceptors (Lipinski definition) is 3. The summed E-state index contributed by atoms with van der Waals surface area (Å²) in [4.78, 5) is 23.1. The van der Waals surface area contributed by atoms with Crippen molar-refractivity contribution in [3.63, 3.8) is 0 Å². The molecule has 0 unspecified atom stereocenters. The number of ether oxygens (including phenoxy) is 1. The maximum absolute atomic E-state index is 11.9. The Kier molecular flexibility index (Phi) is 4.77. The van der Waals surface area contributed by atoms with E-state index in [1.165, 1.54) is 13.3 Å². The molecule has 1 saturated carbocycles. The van der Waals surface area contributed by atoms with E-state index >= 15 is 0 Å². The number of amides is 1. The summed E-state index contributed by atoms with van der Waals surface area (Å²) in [6.07, 6.45) is 3.76. The summed E-state index contributed by atoms with van der Waals surface area (Å²) in [5.74, 6) is 0.589. The molecule has 2 atom stereocenters. The minimum atomic E-state index is -0.440. The molecular formula is C16H21NO3. The molecule has 0 saturated heterocycles. The van der Waals surface area contributed by atoms with E-state index in [9.17, 15) is 9.59 Å². The predicted molar refractivity (Wildman–Crippen MR) is 78.0 cm³/mol. The smallest absolute Gasteiger partial charge is 0.411 e. The highest BCUT2D eigenvalue weighted by Gasteiger charge is 2.22. The van der Waals surface area contributed by atoms with Crippen LogP contribution in [-0.4, -0.2) is 18.0 Å². The van der Waals surface area contributed by atoms with Gasteiger partial charge in [0, 0.05) is 11.3 Å². The van der Waals surface area contributed by atoms with Crippen LogP contribution >= 0.6 is 0 Å². The zero-order chi connectivity index (χ0) is 14.5. The van der Waals surface area contributed by atoms with Gasteiger partial charge in [-0.2, -0.15) is 0 Å². The van der Waals surface area contributed by atoms with Crippen molar-refractivity contribution >= 4 is 17.6 Å². The molecule has 1 aliphatic rings. The summed E-state index contributed by atoms with van der Waals surface area (Å²) in [6, 6.07) is 6.88.